The molecule has 35 heavy (non-hydrogen) atoms. The molecule has 0 aliphatic heterocycles. The van der Waals surface area contributed by atoms with Crippen molar-refractivity contribution in [2.24, 2.45) is 50.2 Å². The van der Waals surface area contributed by atoms with Crippen LogP contribution in [0, 0.1) is 50.2 Å². The molecule has 5 rings (SSSR count). The zero-order valence-corrected chi connectivity index (χ0v) is 23.2. The fourth-order valence-corrected chi connectivity index (χ4v) is 11.0. The molecule has 196 valence electrons. The van der Waals surface area contributed by atoms with Crippen LogP contribution >= 0.6 is 0 Å². The molecule has 4 fully saturated rings. The molecule has 9 atom stereocenters. The van der Waals surface area contributed by atoms with E-state index < -0.39 is 11.4 Å². The molecular formula is C31H48O4. The molecule has 4 saturated carbocycles. The van der Waals surface area contributed by atoms with Gasteiger partial charge in [0.2, 0.25) is 0 Å². The van der Waals surface area contributed by atoms with E-state index in [-0.39, 0.29) is 50.8 Å². The lowest BCUT2D eigenvalue weighted by molar-refractivity contribution is -0.205. The van der Waals surface area contributed by atoms with Gasteiger partial charge in [-0.25, -0.2) is 0 Å². The molecule has 4 nitrogen and oxygen atoms in total. The number of carboxylic acid groups (broad SMARTS) is 1. The Balaban J connectivity index is 1.65. The summed E-state index contributed by atoms with van der Waals surface area (Å²) in [6.07, 6.45) is 11.1. The van der Waals surface area contributed by atoms with Gasteiger partial charge in [-0.3, -0.25) is 9.59 Å². The van der Waals surface area contributed by atoms with E-state index in [1.165, 1.54) is 5.57 Å². The van der Waals surface area contributed by atoms with Crippen molar-refractivity contribution in [3.8, 4) is 0 Å². The first kappa shape index (κ1) is 25.5. The standard InChI is InChI=1S/C31H48O4/c1-8-31-16-15-27(4)13-14-28(5,25(34)35)18-20(27)19(31)17-21(32)24-29(6)11-10-23(33)26(2,3)22(29)9-12-30(24,31)7/h17,20,22-24,33H,8-16,18H2,1-7H3,(H,34,35)/t20-,22-,23-,24+,27+,28-,29-,30+,31+/m0/s1. The van der Waals surface area contributed by atoms with Gasteiger partial charge in [-0.05, 0) is 116 Å². The molecule has 0 unspecified atom stereocenters. The van der Waals surface area contributed by atoms with E-state index >= 15 is 0 Å². The Morgan fingerprint density at radius 3 is 2.26 bits per heavy atom. The maximum atomic E-state index is 14.3. The number of ketones is 1. The third kappa shape index (κ3) is 3.01. The summed E-state index contributed by atoms with van der Waals surface area (Å²) in [6, 6.07) is 0. The van der Waals surface area contributed by atoms with E-state index in [2.05, 4.69) is 47.6 Å². The van der Waals surface area contributed by atoms with Gasteiger partial charge in [0.25, 0.3) is 0 Å². The van der Waals surface area contributed by atoms with Crippen LogP contribution in [0.3, 0.4) is 0 Å². The Morgan fingerprint density at radius 1 is 0.971 bits per heavy atom. The van der Waals surface area contributed by atoms with Gasteiger partial charge in [0.1, 0.15) is 0 Å². The summed E-state index contributed by atoms with van der Waals surface area (Å²) < 4.78 is 0. The molecule has 0 heterocycles. The smallest absolute Gasteiger partial charge is 0.309 e. The van der Waals surface area contributed by atoms with E-state index in [9.17, 15) is 19.8 Å². The van der Waals surface area contributed by atoms with Gasteiger partial charge in [-0.1, -0.05) is 47.1 Å². The minimum absolute atomic E-state index is 0.0250. The van der Waals surface area contributed by atoms with Crippen molar-refractivity contribution in [2.75, 3.05) is 0 Å². The highest BCUT2D eigenvalue weighted by atomic mass is 16.4. The predicted molar refractivity (Wildman–Crippen MR) is 138 cm³/mol. The van der Waals surface area contributed by atoms with Crippen molar-refractivity contribution >= 4 is 11.8 Å². The monoisotopic (exact) mass is 484 g/mol. The molecule has 4 heteroatoms. The second-order valence-electron chi connectivity index (χ2n) is 15.0. The number of aliphatic carboxylic acids is 1. The molecule has 0 aromatic rings. The first-order valence-electron chi connectivity index (χ1n) is 14.3. The number of hydrogen-bond acceptors (Lipinski definition) is 3. The fourth-order valence-electron chi connectivity index (χ4n) is 11.0. The molecular weight excluding hydrogens is 436 g/mol. The van der Waals surface area contributed by atoms with Crippen LogP contribution in [0.5, 0.6) is 0 Å². The Bertz CT molecular complexity index is 980. The molecule has 0 saturated heterocycles. The molecule has 5 aliphatic carbocycles. The number of carbonyl (C=O) groups excluding carboxylic acids is 1. The quantitative estimate of drug-likeness (QED) is 0.452. The molecule has 5 aliphatic rings. The van der Waals surface area contributed by atoms with E-state index in [0.717, 1.165) is 57.8 Å². The van der Waals surface area contributed by atoms with E-state index in [1.54, 1.807) is 0 Å². The highest BCUT2D eigenvalue weighted by Crippen LogP contribution is 2.76. The minimum atomic E-state index is -0.712. The maximum absolute atomic E-state index is 14.3. The maximum Gasteiger partial charge on any atom is 0.309 e. The topological polar surface area (TPSA) is 74.6 Å². The molecule has 2 N–H and O–H groups in total. The average Bonchev–Trinajstić information content (AvgIpc) is 2.77. The Kier molecular flexibility index (Phi) is 5.43. The number of carboxylic acids is 1. The van der Waals surface area contributed by atoms with Crippen LogP contribution in [0.4, 0.5) is 0 Å². The van der Waals surface area contributed by atoms with Gasteiger partial charge in [-0.2, -0.15) is 0 Å². The van der Waals surface area contributed by atoms with Crippen LogP contribution in [0.2, 0.25) is 0 Å². The number of aliphatic hydroxyl groups is 1. The van der Waals surface area contributed by atoms with Crippen molar-refractivity contribution in [2.45, 2.75) is 119 Å². The Labute approximate surface area is 212 Å². The van der Waals surface area contributed by atoms with Crippen LogP contribution in [0.15, 0.2) is 11.6 Å². The van der Waals surface area contributed by atoms with Crippen molar-refractivity contribution in [3.05, 3.63) is 11.6 Å². The van der Waals surface area contributed by atoms with E-state index in [0.29, 0.717) is 12.3 Å². The third-order valence-corrected chi connectivity index (χ3v) is 13.3. The number of aliphatic hydroxyl groups excluding tert-OH is 1. The Hall–Kier alpha value is -1.16. The summed E-state index contributed by atoms with van der Waals surface area (Å²) in [7, 11) is 0. The summed E-state index contributed by atoms with van der Waals surface area (Å²) in [4.78, 5) is 26.6. The summed E-state index contributed by atoms with van der Waals surface area (Å²) in [5.41, 5.74) is 0.222. The fraction of sp³-hybridized carbons (Fsp3) is 0.871. The summed E-state index contributed by atoms with van der Waals surface area (Å²) in [5, 5.41) is 21.0. The van der Waals surface area contributed by atoms with Crippen molar-refractivity contribution in [1.29, 1.82) is 0 Å². The molecule has 0 aromatic heterocycles. The lowest BCUT2D eigenvalue weighted by Gasteiger charge is -2.71. The largest absolute Gasteiger partial charge is 0.481 e. The first-order valence-corrected chi connectivity index (χ1v) is 14.3. The molecule has 0 radical (unpaired) electrons. The van der Waals surface area contributed by atoms with Gasteiger partial charge in [0.15, 0.2) is 5.78 Å². The number of allylic oxidation sites excluding steroid dienone is 2. The number of fused-ring (bicyclic) bond motifs is 7. The van der Waals surface area contributed by atoms with Gasteiger partial charge >= 0.3 is 5.97 Å². The highest BCUT2D eigenvalue weighted by molar-refractivity contribution is 5.95. The van der Waals surface area contributed by atoms with E-state index in [4.69, 9.17) is 0 Å². The zero-order valence-electron chi connectivity index (χ0n) is 23.2. The SMILES string of the molecule is CC[C@@]12CC[C@@]3(C)CC[C@](C)(C(=O)O)C[C@H]3C1=CC(=O)[C@@H]1[C@@]3(C)CC[C@H](O)C(C)(C)[C@@H]3CC[C@]12C. The summed E-state index contributed by atoms with van der Waals surface area (Å²) >= 11 is 0. The summed E-state index contributed by atoms with van der Waals surface area (Å²) in [5.74, 6) is 0.0855. The molecule has 0 aromatic carbocycles. The number of hydrogen-bond donors (Lipinski definition) is 2. The van der Waals surface area contributed by atoms with Crippen LogP contribution in [0.25, 0.3) is 0 Å². The van der Waals surface area contributed by atoms with Crippen molar-refractivity contribution < 1.29 is 19.8 Å². The molecule has 0 amide bonds. The van der Waals surface area contributed by atoms with Crippen molar-refractivity contribution in [3.63, 3.8) is 0 Å². The van der Waals surface area contributed by atoms with Gasteiger partial charge in [-0.15, -0.1) is 0 Å². The van der Waals surface area contributed by atoms with Crippen LogP contribution in [0.1, 0.15) is 113 Å². The second kappa shape index (κ2) is 7.45. The van der Waals surface area contributed by atoms with Gasteiger partial charge in [0.05, 0.1) is 11.5 Å². The lowest BCUT2D eigenvalue weighted by Crippen LogP contribution is -2.67. The van der Waals surface area contributed by atoms with Crippen LogP contribution < -0.4 is 0 Å². The molecule has 0 bridgehead atoms. The van der Waals surface area contributed by atoms with Crippen LogP contribution in [-0.2, 0) is 9.59 Å². The number of carbonyl (C=O) groups is 2. The first-order chi connectivity index (χ1) is 16.1. The average molecular weight is 485 g/mol. The minimum Gasteiger partial charge on any atom is -0.481 e. The number of rotatable bonds is 2. The van der Waals surface area contributed by atoms with Gasteiger partial charge < -0.3 is 10.2 Å². The van der Waals surface area contributed by atoms with Crippen molar-refractivity contribution in [1.82, 2.24) is 0 Å². The third-order valence-electron chi connectivity index (χ3n) is 13.3. The van der Waals surface area contributed by atoms with Crippen LogP contribution in [-0.4, -0.2) is 28.1 Å². The Morgan fingerprint density at radius 2 is 1.63 bits per heavy atom. The lowest BCUT2D eigenvalue weighted by atomic mass is 9.32. The summed E-state index contributed by atoms with van der Waals surface area (Å²) in [6.45, 7) is 15.8. The normalized spacial score (nSPS) is 52.9. The predicted octanol–water partition coefficient (Wildman–Crippen LogP) is 6.80. The molecule has 0 spiro atoms. The second-order valence-corrected chi connectivity index (χ2v) is 15.0. The van der Waals surface area contributed by atoms with Gasteiger partial charge in [0, 0.05) is 5.92 Å². The zero-order chi connectivity index (χ0) is 25.8. The highest BCUT2D eigenvalue weighted by Gasteiger charge is 2.70. The van der Waals surface area contributed by atoms with E-state index in [1.807, 2.05) is 6.92 Å².